The van der Waals surface area contributed by atoms with E-state index in [2.05, 4.69) is 15.0 Å². The Bertz CT molecular complexity index is 607. The standard InChI is InChI=1S/C12H14N4O2/c1-7-14-10-8(4-5-13-10)11(15-7)16-6-2-3-9(16)12(17)18/h4-5,9H,2-3,6H2,1H3,(H,17,18)(H,13,14,15)/t9-/m0/s1. The molecule has 0 aromatic carbocycles. The monoisotopic (exact) mass is 246 g/mol. The number of nitrogens with zero attached hydrogens (tertiary/aromatic N) is 3. The Morgan fingerprint density at radius 3 is 3.17 bits per heavy atom. The second-order valence-corrected chi connectivity index (χ2v) is 4.52. The predicted octanol–water partition coefficient (Wildman–Crippen LogP) is 1.32. The molecule has 94 valence electrons. The van der Waals surface area contributed by atoms with Crippen molar-refractivity contribution in [1.29, 1.82) is 0 Å². The molecule has 0 unspecified atom stereocenters. The van der Waals surface area contributed by atoms with Gasteiger partial charge in [0.15, 0.2) is 0 Å². The van der Waals surface area contributed by atoms with Crippen molar-refractivity contribution in [3.63, 3.8) is 0 Å². The lowest BCUT2D eigenvalue weighted by Crippen LogP contribution is -2.36. The Balaban J connectivity index is 2.13. The molecule has 2 N–H and O–H groups in total. The quantitative estimate of drug-likeness (QED) is 0.835. The summed E-state index contributed by atoms with van der Waals surface area (Å²) < 4.78 is 0. The van der Waals surface area contributed by atoms with E-state index in [9.17, 15) is 9.90 Å². The number of H-pyrrole nitrogens is 1. The van der Waals surface area contributed by atoms with E-state index in [1.165, 1.54) is 0 Å². The van der Waals surface area contributed by atoms with Crippen LogP contribution in [0, 0.1) is 6.92 Å². The van der Waals surface area contributed by atoms with Gasteiger partial charge in [-0.2, -0.15) is 0 Å². The maximum atomic E-state index is 11.3. The lowest BCUT2D eigenvalue weighted by Gasteiger charge is -2.23. The largest absolute Gasteiger partial charge is 0.480 e. The van der Waals surface area contributed by atoms with Crippen molar-refractivity contribution in [1.82, 2.24) is 15.0 Å². The number of fused-ring (bicyclic) bond motifs is 1. The molecule has 0 aliphatic carbocycles. The number of carboxylic acids is 1. The van der Waals surface area contributed by atoms with Crippen LogP contribution in [0.25, 0.3) is 11.0 Å². The van der Waals surface area contributed by atoms with Gasteiger partial charge in [-0.1, -0.05) is 0 Å². The minimum absolute atomic E-state index is 0.475. The molecule has 18 heavy (non-hydrogen) atoms. The van der Waals surface area contributed by atoms with Crippen LogP contribution in [0.1, 0.15) is 18.7 Å². The van der Waals surface area contributed by atoms with Crippen LogP contribution in [0.5, 0.6) is 0 Å². The maximum absolute atomic E-state index is 11.3. The number of nitrogens with one attached hydrogen (secondary N) is 1. The lowest BCUT2D eigenvalue weighted by molar-refractivity contribution is -0.138. The summed E-state index contributed by atoms with van der Waals surface area (Å²) in [5.74, 6) is 0.590. The molecule has 0 bridgehead atoms. The molecule has 1 atom stereocenters. The molecule has 1 aliphatic rings. The average molecular weight is 246 g/mol. The van der Waals surface area contributed by atoms with Gasteiger partial charge < -0.3 is 15.0 Å². The number of carboxylic acid groups (broad SMARTS) is 1. The Labute approximate surface area is 104 Å². The first kappa shape index (κ1) is 11.0. The summed E-state index contributed by atoms with van der Waals surface area (Å²) in [6.45, 7) is 2.54. The average Bonchev–Trinajstić information content (AvgIpc) is 2.95. The number of rotatable bonds is 2. The van der Waals surface area contributed by atoms with Crippen LogP contribution in [0.2, 0.25) is 0 Å². The Morgan fingerprint density at radius 2 is 2.39 bits per heavy atom. The molecule has 0 amide bonds. The molecule has 1 fully saturated rings. The number of hydrogen-bond acceptors (Lipinski definition) is 4. The third kappa shape index (κ3) is 1.61. The van der Waals surface area contributed by atoms with E-state index in [0.717, 1.165) is 29.8 Å². The number of hydrogen-bond donors (Lipinski definition) is 2. The molecule has 0 spiro atoms. The van der Waals surface area contributed by atoms with Gasteiger partial charge in [0.25, 0.3) is 0 Å². The Hall–Kier alpha value is -2.11. The van der Waals surface area contributed by atoms with Crippen LogP contribution in [0.15, 0.2) is 12.3 Å². The van der Waals surface area contributed by atoms with Gasteiger partial charge in [-0.05, 0) is 25.8 Å². The van der Waals surface area contributed by atoms with Gasteiger partial charge in [0, 0.05) is 12.7 Å². The van der Waals surface area contributed by atoms with Gasteiger partial charge in [-0.15, -0.1) is 0 Å². The first-order chi connectivity index (χ1) is 8.66. The van der Waals surface area contributed by atoms with Crippen molar-refractivity contribution in [3.05, 3.63) is 18.1 Å². The molecule has 2 aromatic heterocycles. The number of aromatic nitrogens is 3. The summed E-state index contributed by atoms with van der Waals surface area (Å²) in [5.41, 5.74) is 0.758. The molecule has 0 saturated carbocycles. The molecule has 6 nitrogen and oxygen atoms in total. The van der Waals surface area contributed by atoms with Crippen LogP contribution in [-0.2, 0) is 4.79 Å². The summed E-state index contributed by atoms with van der Waals surface area (Å²) in [4.78, 5) is 24.9. The summed E-state index contributed by atoms with van der Waals surface area (Å²) in [6, 6.07) is 1.42. The molecule has 2 aromatic rings. The van der Waals surface area contributed by atoms with Crippen molar-refractivity contribution in [2.24, 2.45) is 0 Å². The highest BCUT2D eigenvalue weighted by Gasteiger charge is 2.32. The van der Waals surface area contributed by atoms with E-state index in [1.807, 2.05) is 17.9 Å². The highest BCUT2D eigenvalue weighted by atomic mass is 16.4. The predicted molar refractivity (Wildman–Crippen MR) is 66.6 cm³/mol. The minimum atomic E-state index is -0.785. The summed E-state index contributed by atoms with van der Waals surface area (Å²) in [7, 11) is 0. The summed E-state index contributed by atoms with van der Waals surface area (Å²) >= 11 is 0. The number of anilines is 1. The van der Waals surface area contributed by atoms with E-state index >= 15 is 0 Å². The fraction of sp³-hybridized carbons (Fsp3) is 0.417. The second kappa shape index (κ2) is 3.97. The molecule has 6 heteroatoms. The second-order valence-electron chi connectivity index (χ2n) is 4.52. The van der Waals surface area contributed by atoms with Crippen molar-refractivity contribution >= 4 is 22.8 Å². The third-order valence-electron chi connectivity index (χ3n) is 3.32. The van der Waals surface area contributed by atoms with Crippen molar-refractivity contribution in [3.8, 4) is 0 Å². The van der Waals surface area contributed by atoms with Gasteiger partial charge in [0.1, 0.15) is 23.3 Å². The van der Waals surface area contributed by atoms with E-state index in [-0.39, 0.29) is 0 Å². The minimum Gasteiger partial charge on any atom is -0.480 e. The van der Waals surface area contributed by atoms with Crippen molar-refractivity contribution in [2.45, 2.75) is 25.8 Å². The fourth-order valence-electron chi connectivity index (χ4n) is 2.53. The van der Waals surface area contributed by atoms with E-state index in [4.69, 9.17) is 0 Å². The molecule has 3 heterocycles. The number of aryl methyl sites for hydroxylation is 1. The van der Waals surface area contributed by atoms with E-state index in [0.29, 0.717) is 12.2 Å². The maximum Gasteiger partial charge on any atom is 0.326 e. The fourth-order valence-corrected chi connectivity index (χ4v) is 2.53. The van der Waals surface area contributed by atoms with Gasteiger partial charge in [0.2, 0.25) is 0 Å². The molecular formula is C12H14N4O2. The van der Waals surface area contributed by atoms with Crippen LogP contribution < -0.4 is 4.90 Å². The van der Waals surface area contributed by atoms with Crippen LogP contribution in [-0.4, -0.2) is 38.6 Å². The molecule has 3 rings (SSSR count). The summed E-state index contributed by atoms with van der Waals surface area (Å²) in [5, 5.41) is 10.1. The van der Waals surface area contributed by atoms with Crippen molar-refractivity contribution in [2.75, 3.05) is 11.4 Å². The first-order valence-corrected chi connectivity index (χ1v) is 5.98. The zero-order valence-corrected chi connectivity index (χ0v) is 10.1. The van der Waals surface area contributed by atoms with E-state index in [1.54, 1.807) is 6.20 Å². The van der Waals surface area contributed by atoms with Gasteiger partial charge in [-0.3, -0.25) is 0 Å². The topological polar surface area (TPSA) is 82.1 Å². The van der Waals surface area contributed by atoms with E-state index < -0.39 is 12.0 Å². The Morgan fingerprint density at radius 1 is 1.56 bits per heavy atom. The molecule has 1 saturated heterocycles. The number of carbonyl (C=O) groups is 1. The van der Waals surface area contributed by atoms with Gasteiger partial charge in [0.05, 0.1) is 5.39 Å². The molecule has 1 aliphatic heterocycles. The highest BCUT2D eigenvalue weighted by Crippen LogP contribution is 2.29. The normalized spacial score (nSPS) is 19.6. The van der Waals surface area contributed by atoms with Gasteiger partial charge >= 0.3 is 5.97 Å². The van der Waals surface area contributed by atoms with Gasteiger partial charge in [-0.25, -0.2) is 14.8 Å². The van der Waals surface area contributed by atoms with Crippen LogP contribution in [0.4, 0.5) is 5.82 Å². The van der Waals surface area contributed by atoms with Crippen LogP contribution in [0.3, 0.4) is 0 Å². The van der Waals surface area contributed by atoms with Crippen molar-refractivity contribution < 1.29 is 9.90 Å². The smallest absolute Gasteiger partial charge is 0.326 e. The lowest BCUT2D eigenvalue weighted by atomic mass is 10.2. The molecular weight excluding hydrogens is 232 g/mol. The van der Waals surface area contributed by atoms with Crippen LogP contribution >= 0.6 is 0 Å². The molecule has 0 radical (unpaired) electrons. The third-order valence-corrected chi connectivity index (χ3v) is 3.32. The SMILES string of the molecule is Cc1nc(N2CCC[C@H]2C(=O)O)c2cc[nH]c2n1. The first-order valence-electron chi connectivity index (χ1n) is 5.98. The Kier molecular flexibility index (Phi) is 2.43. The zero-order chi connectivity index (χ0) is 12.7. The summed E-state index contributed by atoms with van der Waals surface area (Å²) in [6.07, 6.45) is 3.35. The zero-order valence-electron chi connectivity index (χ0n) is 10.1. The number of aliphatic carboxylic acids is 1. The highest BCUT2D eigenvalue weighted by molar-refractivity contribution is 5.90. The number of aromatic amines is 1.